The molecule has 5 nitrogen and oxygen atoms in total. The largest absolute Gasteiger partial charge is 0.481 e. The van der Waals surface area contributed by atoms with E-state index in [0.29, 0.717) is 18.0 Å². The highest BCUT2D eigenvalue weighted by Crippen LogP contribution is 2.29. The number of benzene rings is 3. The van der Waals surface area contributed by atoms with Gasteiger partial charge >= 0.3 is 5.97 Å². The number of carbonyl (C=O) groups is 2. The highest BCUT2D eigenvalue weighted by atomic mass is 35.5. The highest BCUT2D eigenvalue weighted by Gasteiger charge is 2.20. The molecule has 1 heterocycles. The Labute approximate surface area is 226 Å². The molecule has 0 spiro atoms. The second-order valence-corrected chi connectivity index (χ2v) is 10.4. The maximum atomic E-state index is 12.5. The predicted molar refractivity (Wildman–Crippen MR) is 149 cm³/mol. The van der Waals surface area contributed by atoms with Gasteiger partial charge in [-0.1, -0.05) is 90.5 Å². The molecule has 0 atom stereocenters. The van der Waals surface area contributed by atoms with Gasteiger partial charge in [0.1, 0.15) is 0 Å². The second-order valence-electron chi connectivity index (χ2n) is 8.80. The molecular weight excluding hydrogens is 504 g/mol. The van der Waals surface area contributed by atoms with Gasteiger partial charge in [-0.2, -0.15) is 0 Å². The number of amides is 1. The maximum absolute atomic E-state index is 12.5. The van der Waals surface area contributed by atoms with Gasteiger partial charge in [0.2, 0.25) is 0 Å². The van der Waals surface area contributed by atoms with E-state index in [1.807, 2.05) is 42.5 Å². The fraction of sp³-hybridized carbons (Fsp3) is 0.200. The van der Waals surface area contributed by atoms with E-state index in [2.05, 4.69) is 58.7 Å². The Kier molecular flexibility index (Phi) is 9.49. The van der Waals surface area contributed by atoms with Crippen LogP contribution in [0.5, 0.6) is 0 Å². The minimum Gasteiger partial charge on any atom is -0.481 e. The Morgan fingerprint density at radius 3 is 2.08 bits per heavy atom. The lowest BCUT2D eigenvalue weighted by molar-refractivity contribution is -0.136. The third-order valence-electron chi connectivity index (χ3n) is 6.09. The van der Waals surface area contributed by atoms with Gasteiger partial charge in [0.05, 0.1) is 11.3 Å². The average Bonchev–Trinajstić information content (AvgIpc) is 3.38. The Morgan fingerprint density at radius 1 is 0.838 bits per heavy atom. The molecular formula is C30H29ClN2O3S. The van der Waals surface area contributed by atoms with Gasteiger partial charge in [0.25, 0.3) is 5.91 Å². The van der Waals surface area contributed by atoms with Crippen molar-refractivity contribution in [3.8, 4) is 0 Å². The maximum Gasteiger partial charge on any atom is 0.305 e. The molecule has 4 rings (SSSR count). The molecule has 0 saturated carbocycles. The molecule has 0 radical (unpaired) electrons. The van der Waals surface area contributed by atoms with Gasteiger partial charge < -0.3 is 10.4 Å². The van der Waals surface area contributed by atoms with E-state index in [1.165, 1.54) is 22.5 Å². The summed E-state index contributed by atoms with van der Waals surface area (Å²) in [5.41, 5.74) is 3.53. The topological polar surface area (TPSA) is 69.6 Å². The standard InChI is InChI=1S/C30H29ClN2O3S/c31-27-14-8-7-13-24(27)19-33(20-25-15-16-28(37-25)30(36)32-18-17-29(34)35)21-26(22-9-3-1-4-10-22)23-11-5-2-6-12-23/h1-16,26H,17-21H2,(H,32,36)(H,34,35). The van der Waals surface area contributed by atoms with E-state index in [1.54, 1.807) is 6.07 Å². The van der Waals surface area contributed by atoms with Crippen LogP contribution < -0.4 is 5.32 Å². The third kappa shape index (κ3) is 7.76. The van der Waals surface area contributed by atoms with Crippen molar-refractivity contribution in [2.45, 2.75) is 25.4 Å². The number of rotatable bonds is 12. The number of carbonyl (C=O) groups excluding carboxylic acids is 1. The highest BCUT2D eigenvalue weighted by molar-refractivity contribution is 7.14. The number of aliphatic carboxylic acids is 1. The van der Waals surface area contributed by atoms with Gasteiger partial charge in [-0.05, 0) is 34.9 Å². The van der Waals surface area contributed by atoms with Crippen LogP contribution in [0.2, 0.25) is 5.02 Å². The molecule has 4 aromatic rings. The zero-order valence-corrected chi connectivity index (χ0v) is 21.9. The SMILES string of the molecule is O=C(O)CCNC(=O)c1ccc(CN(Cc2ccccc2Cl)CC(c2ccccc2)c2ccccc2)s1. The first-order valence-corrected chi connectivity index (χ1v) is 13.3. The monoisotopic (exact) mass is 532 g/mol. The first-order valence-electron chi connectivity index (χ1n) is 12.1. The number of carboxylic acids is 1. The summed E-state index contributed by atoms with van der Waals surface area (Å²) in [5, 5.41) is 12.2. The fourth-order valence-corrected chi connectivity index (χ4v) is 5.42. The number of halogens is 1. The molecule has 2 N–H and O–H groups in total. The summed E-state index contributed by atoms with van der Waals surface area (Å²) in [5.74, 6) is -1.03. The molecule has 1 aromatic heterocycles. The minimum absolute atomic E-state index is 0.101. The Bertz CT molecular complexity index is 1270. The smallest absolute Gasteiger partial charge is 0.305 e. The third-order valence-corrected chi connectivity index (χ3v) is 7.52. The summed E-state index contributed by atoms with van der Waals surface area (Å²) >= 11 is 7.97. The fourth-order valence-electron chi connectivity index (χ4n) is 4.26. The van der Waals surface area contributed by atoms with Crippen LogP contribution in [0, 0.1) is 0 Å². The number of carboxylic acid groups (broad SMARTS) is 1. The molecule has 0 unspecified atom stereocenters. The van der Waals surface area contributed by atoms with E-state index in [-0.39, 0.29) is 24.8 Å². The lowest BCUT2D eigenvalue weighted by atomic mass is 9.90. The van der Waals surface area contributed by atoms with Crippen LogP contribution >= 0.6 is 22.9 Å². The van der Waals surface area contributed by atoms with Crippen molar-refractivity contribution < 1.29 is 14.7 Å². The Morgan fingerprint density at radius 2 is 1.46 bits per heavy atom. The van der Waals surface area contributed by atoms with Crippen molar-refractivity contribution in [3.05, 3.63) is 129 Å². The lowest BCUT2D eigenvalue weighted by Crippen LogP contribution is -2.28. The van der Waals surface area contributed by atoms with Gasteiger partial charge in [-0.15, -0.1) is 11.3 Å². The van der Waals surface area contributed by atoms with E-state index < -0.39 is 5.97 Å². The van der Waals surface area contributed by atoms with E-state index in [0.717, 1.165) is 22.0 Å². The number of hydrogen-bond acceptors (Lipinski definition) is 4. The first-order chi connectivity index (χ1) is 18.0. The molecule has 1 amide bonds. The summed E-state index contributed by atoms with van der Waals surface area (Å²) in [6, 6.07) is 32.6. The molecule has 0 fully saturated rings. The van der Waals surface area contributed by atoms with Gasteiger partial charge in [-0.3, -0.25) is 14.5 Å². The molecule has 0 bridgehead atoms. The second kappa shape index (κ2) is 13.2. The van der Waals surface area contributed by atoms with Gasteiger partial charge in [-0.25, -0.2) is 0 Å². The molecule has 0 aliphatic heterocycles. The summed E-state index contributed by atoms with van der Waals surface area (Å²) < 4.78 is 0. The summed E-state index contributed by atoms with van der Waals surface area (Å²) in [4.78, 5) is 27.2. The van der Waals surface area contributed by atoms with Crippen molar-refractivity contribution >= 4 is 34.8 Å². The van der Waals surface area contributed by atoms with Crippen LogP contribution in [0.1, 0.15) is 43.6 Å². The number of thiophene rings is 1. The Balaban J connectivity index is 1.57. The van der Waals surface area contributed by atoms with E-state index >= 15 is 0 Å². The molecule has 37 heavy (non-hydrogen) atoms. The number of hydrogen-bond donors (Lipinski definition) is 2. The van der Waals surface area contributed by atoms with Crippen LogP contribution in [0.25, 0.3) is 0 Å². The average molecular weight is 533 g/mol. The summed E-state index contributed by atoms with van der Waals surface area (Å²) in [6.07, 6.45) is -0.101. The lowest BCUT2D eigenvalue weighted by Gasteiger charge is -2.28. The number of nitrogens with one attached hydrogen (secondary N) is 1. The van der Waals surface area contributed by atoms with Gasteiger partial charge in [0, 0.05) is 42.0 Å². The van der Waals surface area contributed by atoms with Crippen molar-refractivity contribution in [1.29, 1.82) is 0 Å². The van der Waals surface area contributed by atoms with E-state index in [4.69, 9.17) is 16.7 Å². The van der Waals surface area contributed by atoms with Crippen molar-refractivity contribution in [3.63, 3.8) is 0 Å². The number of nitrogens with zero attached hydrogens (tertiary/aromatic N) is 1. The first kappa shape index (κ1) is 26.6. The normalized spacial score (nSPS) is 11.1. The minimum atomic E-state index is -0.936. The van der Waals surface area contributed by atoms with E-state index in [9.17, 15) is 9.59 Å². The Hall–Kier alpha value is -3.45. The molecule has 7 heteroatoms. The summed E-state index contributed by atoms with van der Waals surface area (Å²) in [7, 11) is 0. The van der Waals surface area contributed by atoms with Crippen LogP contribution in [0.3, 0.4) is 0 Å². The van der Waals surface area contributed by atoms with Crippen molar-refractivity contribution in [2.24, 2.45) is 0 Å². The zero-order valence-electron chi connectivity index (χ0n) is 20.3. The van der Waals surface area contributed by atoms with Crippen molar-refractivity contribution in [1.82, 2.24) is 10.2 Å². The van der Waals surface area contributed by atoms with Gasteiger partial charge in [0.15, 0.2) is 0 Å². The zero-order chi connectivity index (χ0) is 26.0. The van der Waals surface area contributed by atoms with Crippen LogP contribution in [-0.4, -0.2) is 35.0 Å². The molecule has 0 aliphatic rings. The molecule has 3 aromatic carbocycles. The summed E-state index contributed by atoms with van der Waals surface area (Å²) in [6.45, 7) is 2.18. The molecule has 0 aliphatic carbocycles. The predicted octanol–water partition coefficient (Wildman–Crippen LogP) is 6.44. The van der Waals surface area contributed by atoms with Crippen LogP contribution in [-0.2, 0) is 17.9 Å². The van der Waals surface area contributed by atoms with Crippen LogP contribution in [0.15, 0.2) is 97.1 Å². The molecule has 0 saturated heterocycles. The van der Waals surface area contributed by atoms with Crippen LogP contribution in [0.4, 0.5) is 0 Å². The molecule has 190 valence electrons. The van der Waals surface area contributed by atoms with Crippen molar-refractivity contribution in [2.75, 3.05) is 13.1 Å². The quantitative estimate of drug-likeness (QED) is 0.220.